The fraction of sp³-hybridized carbons (Fsp3) is 1.00. The van der Waals surface area contributed by atoms with Crippen molar-refractivity contribution in [1.29, 1.82) is 0 Å². The molecular weight excluding hydrogens is 220 g/mol. The predicted molar refractivity (Wildman–Crippen MR) is 65.1 cm³/mol. The lowest BCUT2D eigenvalue weighted by Crippen LogP contribution is -2.57. The van der Waals surface area contributed by atoms with Crippen LogP contribution in [0, 0.1) is 17.8 Å². The normalized spacial score (nSPS) is 42.9. The molecule has 0 aromatic carbocycles. The summed E-state index contributed by atoms with van der Waals surface area (Å²) in [5, 5.41) is 0.105. The van der Waals surface area contributed by atoms with Crippen molar-refractivity contribution in [2.24, 2.45) is 17.8 Å². The summed E-state index contributed by atoms with van der Waals surface area (Å²) >= 11 is 0. The first kappa shape index (κ1) is 12.6. The quantitative estimate of drug-likeness (QED) is 0.712. The van der Waals surface area contributed by atoms with Crippen LogP contribution in [0.3, 0.4) is 0 Å². The van der Waals surface area contributed by atoms with Gasteiger partial charge in [-0.2, -0.15) is 0 Å². The highest BCUT2D eigenvalue weighted by Crippen LogP contribution is 2.67. The molecule has 2 saturated carbocycles. The molecule has 0 radical (unpaired) electrons. The van der Waals surface area contributed by atoms with Gasteiger partial charge in [-0.3, -0.25) is 0 Å². The van der Waals surface area contributed by atoms with Crippen molar-refractivity contribution >= 4 is 8.80 Å². The second-order valence-corrected chi connectivity index (χ2v) is 8.92. The van der Waals surface area contributed by atoms with Crippen molar-refractivity contribution < 1.29 is 13.3 Å². The van der Waals surface area contributed by atoms with E-state index in [9.17, 15) is 0 Å². The zero-order valence-electron chi connectivity index (χ0n) is 11.1. The third-order valence-corrected chi connectivity index (χ3v) is 9.24. The summed E-state index contributed by atoms with van der Waals surface area (Å²) in [6, 6.07) is 0. The van der Waals surface area contributed by atoms with Crippen LogP contribution in [0.5, 0.6) is 0 Å². The van der Waals surface area contributed by atoms with Crippen molar-refractivity contribution in [3.8, 4) is 0 Å². The number of fused-ring (bicyclic) bond motifs is 2. The minimum Gasteiger partial charge on any atom is -0.376 e. The summed E-state index contributed by atoms with van der Waals surface area (Å²) in [5.41, 5.74) is 0. The van der Waals surface area contributed by atoms with Gasteiger partial charge >= 0.3 is 8.80 Å². The van der Waals surface area contributed by atoms with E-state index in [1.54, 1.807) is 21.3 Å². The Hall–Kier alpha value is 0.0969. The van der Waals surface area contributed by atoms with E-state index < -0.39 is 8.80 Å². The van der Waals surface area contributed by atoms with E-state index in [1.165, 1.54) is 19.3 Å². The van der Waals surface area contributed by atoms with Crippen molar-refractivity contribution in [3.63, 3.8) is 0 Å². The van der Waals surface area contributed by atoms with E-state index >= 15 is 0 Å². The van der Waals surface area contributed by atoms with Crippen LogP contribution in [0.25, 0.3) is 0 Å². The van der Waals surface area contributed by atoms with E-state index in [4.69, 9.17) is 13.3 Å². The average molecular weight is 244 g/mol. The molecule has 0 spiro atoms. The highest BCUT2D eigenvalue weighted by molar-refractivity contribution is 6.64. The lowest BCUT2D eigenvalue weighted by atomic mass is 9.81. The molecule has 2 fully saturated rings. The maximum atomic E-state index is 5.74. The van der Waals surface area contributed by atoms with Gasteiger partial charge in [-0.15, -0.1) is 0 Å². The molecule has 4 unspecified atom stereocenters. The molecule has 94 valence electrons. The fourth-order valence-electron chi connectivity index (χ4n) is 4.32. The van der Waals surface area contributed by atoms with E-state index in [0.717, 1.165) is 11.8 Å². The number of hydrogen-bond donors (Lipinski definition) is 0. The van der Waals surface area contributed by atoms with E-state index in [0.29, 0.717) is 5.92 Å². The van der Waals surface area contributed by atoms with Crippen molar-refractivity contribution in [3.05, 3.63) is 0 Å². The molecule has 2 aliphatic rings. The Morgan fingerprint density at radius 2 is 1.62 bits per heavy atom. The van der Waals surface area contributed by atoms with Gasteiger partial charge in [-0.25, -0.2) is 0 Å². The minimum atomic E-state index is -2.53. The van der Waals surface area contributed by atoms with Gasteiger partial charge in [0.25, 0.3) is 0 Å². The molecule has 2 rings (SSSR count). The highest BCUT2D eigenvalue weighted by atomic mass is 28.4. The first-order chi connectivity index (χ1) is 7.55. The second-order valence-electron chi connectivity index (χ2n) is 5.51. The molecule has 0 amide bonds. The Bertz CT molecular complexity index is 255. The minimum absolute atomic E-state index is 0.105. The first-order valence-corrected chi connectivity index (χ1v) is 7.93. The standard InChI is InChI=1S/C12H24O3Si/c1-9-10-6-7-11(8-10)12(9,2)16(13-3,14-4)15-5/h9-11H,6-8H2,1-5H3. The molecule has 0 saturated heterocycles. The molecule has 0 aromatic heterocycles. The smallest absolute Gasteiger partial charge is 0.376 e. The van der Waals surface area contributed by atoms with E-state index in [1.807, 2.05) is 0 Å². The van der Waals surface area contributed by atoms with Gasteiger partial charge in [0.2, 0.25) is 0 Å². The van der Waals surface area contributed by atoms with Crippen molar-refractivity contribution in [2.45, 2.75) is 38.1 Å². The fourth-order valence-corrected chi connectivity index (χ4v) is 7.69. The zero-order valence-corrected chi connectivity index (χ0v) is 12.1. The van der Waals surface area contributed by atoms with Gasteiger partial charge in [0.15, 0.2) is 0 Å². The molecule has 4 atom stereocenters. The molecule has 0 N–H and O–H groups in total. The van der Waals surface area contributed by atoms with Crippen LogP contribution < -0.4 is 0 Å². The molecular formula is C12H24O3Si. The van der Waals surface area contributed by atoms with Gasteiger partial charge < -0.3 is 13.3 Å². The summed E-state index contributed by atoms with van der Waals surface area (Å²) in [4.78, 5) is 0. The Morgan fingerprint density at radius 1 is 1.06 bits per heavy atom. The summed E-state index contributed by atoms with van der Waals surface area (Å²) in [6.45, 7) is 4.67. The Balaban J connectivity index is 2.36. The third kappa shape index (κ3) is 1.30. The predicted octanol–water partition coefficient (Wildman–Crippen LogP) is 2.69. The van der Waals surface area contributed by atoms with Crippen LogP contribution in [0.4, 0.5) is 0 Å². The summed E-state index contributed by atoms with van der Waals surface area (Å²) in [5.74, 6) is 2.22. The average Bonchev–Trinajstić information content (AvgIpc) is 2.86. The topological polar surface area (TPSA) is 27.7 Å². The first-order valence-electron chi connectivity index (χ1n) is 6.21. The van der Waals surface area contributed by atoms with Crippen molar-refractivity contribution in [2.75, 3.05) is 21.3 Å². The second kappa shape index (κ2) is 4.09. The highest BCUT2D eigenvalue weighted by Gasteiger charge is 2.68. The lowest BCUT2D eigenvalue weighted by molar-refractivity contribution is 0.0597. The maximum absolute atomic E-state index is 5.74. The van der Waals surface area contributed by atoms with Crippen LogP contribution in [0.1, 0.15) is 33.1 Å². The molecule has 2 bridgehead atoms. The van der Waals surface area contributed by atoms with Crippen LogP contribution in [-0.4, -0.2) is 30.1 Å². The van der Waals surface area contributed by atoms with Gasteiger partial charge in [0.1, 0.15) is 0 Å². The number of rotatable bonds is 4. The van der Waals surface area contributed by atoms with Crippen LogP contribution in [0.2, 0.25) is 5.04 Å². The van der Waals surface area contributed by atoms with Gasteiger partial charge in [-0.1, -0.05) is 13.8 Å². The monoisotopic (exact) mass is 244 g/mol. The van der Waals surface area contributed by atoms with Gasteiger partial charge in [0, 0.05) is 26.4 Å². The van der Waals surface area contributed by atoms with Crippen LogP contribution in [0.15, 0.2) is 0 Å². The molecule has 2 aliphatic carbocycles. The molecule has 0 aliphatic heterocycles. The molecule has 3 nitrogen and oxygen atoms in total. The lowest BCUT2D eigenvalue weighted by Gasteiger charge is -2.47. The molecule has 0 heterocycles. The summed E-state index contributed by atoms with van der Waals surface area (Å²) in [7, 11) is 2.69. The van der Waals surface area contributed by atoms with Crippen molar-refractivity contribution in [1.82, 2.24) is 0 Å². The molecule has 0 aromatic rings. The van der Waals surface area contributed by atoms with Gasteiger partial charge in [-0.05, 0) is 37.0 Å². The SMILES string of the molecule is CO[Si](OC)(OC)C1(C)C2CCC(C2)C1C. The largest absolute Gasteiger partial charge is 0.506 e. The zero-order chi connectivity index (χ0) is 12.0. The van der Waals surface area contributed by atoms with E-state index in [-0.39, 0.29) is 5.04 Å². The number of hydrogen-bond acceptors (Lipinski definition) is 3. The van der Waals surface area contributed by atoms with E-state index in [2.05, 4.69) is 13.8 Å². The molecule has 16 heavy (non-hydrogen) atoms. The molecule has 4 heteroatoms. The Kier molecular flexibility index (Phi) is 3.21. The third-order valence-electron chi connectivity index (χ3n) is 5.44. The maximum Gasteiger partial charge on any atom is 0.506 e. The van der Waals surface area contributed by atoms with Gasteiger partial charge in [0.05, 0.1) is 0 Å². The van der Waals surface area contributed by atoms with Crippen LogP contribution >= 0.6 is 0 Å². The Morgan fingerprint density at radius 3 is 2.00 bits per heavy atom. The van der Waals surface area contributed by atoms with Crippen LogP contribution in [-0.2, 0) is 13.3 Å². The summed E-state index contributed by atoms with van der Waals surface area (Å²) < 4.78 is 17.2. The Labute approximate surface area is 99.8 Å². The summed E-state index contributed by atoms with van der Waals surface area (Å²) in [6.07, 6.45) is 4.03.